The Morgan fingerprint density at radius 3 is 2.83 bits per heavy atom. The van der Waals surface area contributed by atoms with Crippen LogP contribution in [0.1, 0.15) is 11.3 Å². The van der Waals surface area contributed by atoms with E-state index in [0.29, 0.717) is 17.9 Å². The number of aromatic nitrogens is 2. The van der Waals surface area contributed by atoms with Crippen molar-refractivity contribution in [2.24, 2.45) is 0 Å². The van der Waals surface area contributed by atoms with Crippen molar-refractivity contribution in [1.29, 1.82) is 0 Å². The molecule has 0 aliphatic carbocycles. The zero-order valence-electron chi connectivity index (χ0n) is 13.2. The molecule has 7 heteroatoms. The summed E-state index contributed by atoms with van der Waals surface area (Å²) in [6, 6.07) is 10.7. The fourth-order valence-electron chi connectivity index (χ4n) is 2.76. The van der Waals surface area contributed by atoms with Crippen LogP contribution >= 0.6 is 0 Å². The molecular formula is C17H18N4O3. The van der Waals surface area contributed by atoms with Crippen molar-refractivity contribution in [3.63, 3.8) is 0 Å². The maximum Gasteiger partial charge on any atom is 0.290 e. The quantitative estimate of drug-likeness (QED) is 0.477. The second-order valence-corrected chi connectivity index (χ2v) is 5.65. The van der Waals surface area contributed by atoms with Crippen molar-refractivity contribution < 1.29 is 10.0 Å². The molecule has 0 fully saturated rings. The number of aliphatic hydroxyl groups is 1. The zero-order valence-corrected chi connectivity index (χ0v) is 13.2. The van der Waals surface area contributed by atoms with E-state index < -0.39 is 4.92 Å². The number of nitro groups is 1. The maximum atomic E-state index is 10.8. The van der Waals surface area contributed by atoms with Crippen LogP contribution in [-0.2, 0) is 6.42 Å². The Hall–Kier alpha value is -2.93. The number of benzene rings is 1. The van der Waals surface area contributed by atoms with Gasteiger partial charge >= 0.3 is 0 Å². The van der Waals surface area contributed by atoms with Gasteiger partial charge in [0.15, 0.2) is 0 Å². The van der Waals surface area contributed by atoms with E-state index in [1.165, 1.54) is 6.07 Å². The number of nitrogens with zero attached hydrogens (tertiary/aromatic N) is 2. The van der Waals surface area contributed by atoms with Crippen LogP contribution in [-0.4, -0.2) is 32.6 Å². The van der Waals surface area contributed by atoms with Crippen LogP contribution in [0.5, 0.6) is 0 Å². The number of aryl methyl sites for hydroxylation is 1. The van der Waals surface area contributed by atoms with Gasteiger partial charge in [0, 0.05) is 23.2 Å². The highest BCUT2D eigenvalue weighted by molar-refractivity contribution is 5.83. The van der Waals surface area contributed by atoms with E-state index in [9.17, 15) is 15.2 Å². The van der Waals surface area contributed by atoms with Gasteiger partial charge in [0.25, 0.3) is 5.69 Å². The highest BCUT2D eigenvalue weighted by Gasteiger charge is 2.15. The van der Waals surface area contributed by atoms with Gasteiger partial charge in [0.05, 0.1) is 17.6 Å². The highest BCUT2D eigenvalue weighted by Crippen LogP contribution is 2.21. The summed E-state index contributed by atoms with van der Waals surface area (Å²) in [7, 11) is 0. The van der Waals surface area contributed by atoms with Gasteiger partial charge in [0.2, 0.25) is 0 Å². The summed E-state index contributed by atoms with van der Waals surface area (Å²) in [5.41, 5.74) is 2.47. The van der Waals surface area contributed by atoms with Gasteiger partial charge in [-0.15, -0.1) is 0 Å². The summed E-state index contributed by atoms with van der Waals surface area (Å²) in [5.74, 6) is 0.511. The average molecular weight is 326 g/mol. The van der Waals surface area contributed by atoms with Crippen LogP contribution in [0.25, 0.3) is 10.9 Å². The zero-order chi connectivity index (χ0) is 17.1. The Bertz CT molecular complexity index is 875. The first-order chi connectivity index (χ1) is 11.6. The molecule has 124 valence electrons. The van der Waals surface area contributed by atoms with E-state index in [1.807, 2.05) is 30.5 Å². The smallest absolute Gasteiger partial charge is 0.290 e. The van der Waals surface area contributed by atoms with Crippen LogP contribution in [0, 0.1) is 17.0 Å². The Balaban J connectivity index is 1.77. The summed E-state index contributed by atoms with van der Waals surface area (Å²) in [6.45, 7) is 1.52. The number of nitrogens with one attached hydrogen (secondary N) is 2. The van der Waals surface area contributed by atoms with E-state index in [-0.39, 0.29) is 18.3 Å². The predicted octanol–water partition coefficient (Wildman–Crippen LogP) is 2.80. The summed E-state index contributed by atoms with van der Waals surface area (Å²) in [6.07, 6.45) is 2.54. The molecule has 3 rings (SSSR count). The van der Waals surface area contributed by atoms with Gasteiger partial charge in [-0.05, 0) is 31.0 Å². The minimum absolute atomic E-state index is 0.0160. The van der Waals surface area contributed by atoms with Crippen molar-refractivity contribution in [3.05, 3.63) is 64.0 Å². The molecule has 0 unspecified atom stereocenters. The number of H-pyrrole nitrogens is 1. The summed E-state index contributed by atoms with van der Waals surface area (Å²) < 4.78 is 0. The number of rotatable bonds is 6. The van der Waals surface area contributed by atoms with E-state index in [2.05, 4.69) is 15.3 Å². The van der Waals surface area contributed by atoms with Crippen LogP contribution in [0.2, 0.25) is 0 Å². The lowest BCUT2D eigenvalue weighted by atomic mass is 10.1. The standard InChI is InChI=1S/C17H18N4O3/c1-11-16(21(23)24)6-7-17(19-11)20-13(10-22)8-12-9-18-15-5-3-2-4-14(12)15/h2-7,9,13,18,22H,8,10H2,1H3,(H,19,20)/t13-/m0/s1. The summed E-state index contributed by atoms with van der Waals surface area (Å²) in [4.78, 5) is 17.8. The number of anilines is 1. The number of hydrogen-bond acceptors (Lipinski definition) is 5. The van der Waals surface area contributed by atoms with E-state index >= 15 is 0 Å². The molecule has 0 radical (unpaired) electrons. The molecule has 0 saturated carbocycles. The Morgan fingerprint density at radius 1 is 1.33 bits per heavy atom. The van der Waals surface area contributed by atoms with Crippen molar-refractivity contribution in [3.8, 4) is 0 Å². The number of pyridine rings is 1. The minimum atomic E-state index is -0.457. The molecule has 0 amide bonds. The Kier molecular flexibility index (Phi) is 4.43. The molecule has 24 heavy (non-hydrogen) atoms. The second-order valence-electron chi connectivity index (χ2n) is 5.65. The molecule has 1 aromatic carbocycles. The second kappa shape index (κ2) is 6.67. The normalized spacial score (nSPS) is 12.2. The lowest BCUT2D eigenvalue weighted by molar-refractivity contribution is -0.385. The third-order valence-corrected chi connectivity index (χ3v) is 3.97. The third-order valence-electron chi connectivity index (χ3n) is 3.97. The van der Waals surface area contributed by atoms with Crippen molar-refractivity contribution in [2.45, 2.75) is 19.4 Å². The fourth-order valence-corrected chi connectivity index (χ4v) is 2.76. The molecule has 2 heterocycles. The fraction of sp³-hybridized carbons (Fsp3) is 0.235. The first-order valence-corrected chi connectivity index (χ1v) is 7.63. The number of aliphatic hydroxyl groups excluding tert-OH is 1. The van der Waals surface area contributed by atoms with Gasteiger partial charge in [-0.25, -0.2) is 4.98 Å². The molecule has 0 bridgehead atoms. The molecule has 0 spiro atoms. The molecule has 0 aliphatic heterocycles. The van der Waals surface area contributed by atoms with Crippen LogP contribution < -0.4 is 5.32 Å². The van der Waals surface area contributed by atoms with Gasteiger partial charge in [-0.2, -0.15) is 0 Å². The molecule has 3 N–H and O–H groups in total. The lowest BCUT2D eigenvalue weighted by Crippen LogP contribution is -2.26. The monoisotopic (exact) mass is 326 g/mol. The largest absolute Gasteiger partial charge is 0.394 e. The first kappa shape index (κ1) is 15.9. The van der Waals surface area contributed by atoms with Crippen LogP contribution in [0.15, 0.2) is 42.6 Å². The Labute approximate surface area is 138 Å². The molecule has 2 aromatic heterocycles. The molecule has 7 nitrogen and oxygen atoms in total. The number of fused-ring (bicyclic) bond motifs is 1. The average Bonchev–Trinajstić information content (AvgIpc) is 2.97. The van der Waals surface area contributed by atoms with Crippen LogP contribution in [0.4, 0.5) is 11.5 Å². The van der Waals surface area contributed by atoms with E-state index in [1.54, 1.807) is 13.0 Å². The van der Waals surface area contributed by atoms with E-state index in [4.69, 9.17) is 0 Å². The van der Waals surface area contributed by atoms with Crippen LogP contribution in [0.3, 0.4) is 0 Å². The van der Waals surface area contributed by atoms with Crippen molar-refractivity contribution in [1.82, 2.24) is 9.97 Å². The summed E-state index contributed by atoms with van der Waals surface area (Å²) in [5, 5.41) is 24.8. The third kappa shape index (κ3) is 3.21. The van der Waals surface area contributed by atoms with Crippen molar-refractivity contribution >= 4 is 22.4 Å². The number of aromatic amines is 1. The van der Waals surface area contributed by atoms with Gasteiger partial charge < -0.3 is 15.4 Å². The van der Waals surface area contributed by atoms with Gasteiger partial charge in [-0.3, -0.25) is 10.1 Å². The number of hydrogen-bond donors (Lipinski definition) is 3. The van der Waals surface area contributed by atoms with E-state index in [0.717, 1.165) is 16.5 Å². The SMILES string of the molecule is Cc1nc(N[C@H](CO)Cc2c[nH]c3ccccc23)ccc1[N+](=O)[O-]. The highest BCUT2D eigenvalue weighted by atomic mass is 16.6. The molecule has 0 saturated heterocycles. The molecule has 1 atom stereocenters. The minimum Gasteiger partial charge on any atom is -0.394 e. The van der Waals surface area contributed by atoms with Crippen molar-refractivity contribution in [2.75, 3.05) is 11.9 Å². The Morgan fingerprint density at radius 2 is 2.12 bits per heavy atom. The molecular weight excluding hydrogens is 308 g/mol. The maximum absolute atomic E-state index is 10.8. The molecule has 0 aliphatic rings. The lowest BCUT2D eigenvalue weighted by Gasteiger charge is -2.17. The summed E-state index contributed by atoms with van der Waals surface area (Å²) >= 11 is 0. The first-order valence-electron chi connectivity index (χ1n) is 7.63. The van der Waals surface area contributed by atoms with Gasteiger partial charge in [-0.1, -0.05) is 18.2 Å². The number of para-hydroxylation sites is 1. The predicted molar refractivity (Wildman–Crippen MR) is 92.1 cm³/mol. The topological polar surface area (TPSA) is 104 Å². The molecule has 3 aromatic rings. The van der Waals surface area contributed by atoms with Gasteiger partial charge in [0.1, 0.15) is 11.5 Å².